The zero-order chi connectivity index (χ0) is 13.4. The van der Waals surface area contributed by atoms with Gasteiger partial charge in [-0.15, -0.1) is 0 Å². The van der Waals surface area contributed by atoms with E-state index in [0.717, 1.165) is 27.4 Å². The maximum Gasteiger partial charge on any atom is 0.0935 e. The van der Waals surface area contributed by atoms with Crippen molar-refractivity contribution in [3.05, 3.63) is 67.1 Å². The van der Waals surface area contributed by atoms with Gasteiger partial charge in [0.2, 0.25) is 0 Å². The minimum atomic E-state index is 0.913. The van der Waals surface area contributed by atoms with Crippen molar-refractivity contribution in [2.24, 2.45) is 0 Å². The Morgan fingerprint density at radius 2 is 1.65 bits per heavy atom. The molecule has 2 heterocycles. The molecule has 0 saturated carbocycles. The highest BCUT2D eigenvalue weighted by molar-refractivity contribution is 6.03. The molecule has 4 aromatic rings. The first kappa shape index (κ1) is 11.1. The largest absolute Gasteiger partial charge is 0.264 e. The van der Waals surface area contributed by atoms with Crippen molar-refractivity contribution in [1.82, 2.24) is 15.2 Å². The molecule has 20 heavy (non-hydrogen) atoms. The van der Waals surface area contributed by atoms with Crippen LogP contribution in [0.1, 0.15) is 0 Å². The van der Waals surface area contributed by atoms with Crippen LogP contribution in [0.4, 0.5) is 0 Å². The van der Waals surface area contributed by atoms with Crippen LogP contribution in [0.5, 0.6) is 0 Å². The van der Waals surface area contributed by atoms with E-state index >= 15 is 0 Å². The summed E-state index contributed by atoms with van der Waals surface area (Å²) in [6.45, 7) is 0. The highest BCUT2D eigenvalue weighted by Crippen LogP contribution is 2.31. The number of benzene rings is 2. The van der Waals surface area contributed by atoms with Crippen LogP contribution < -0.4 is 0 Å². The topological polar surface area (TPSA) is 38.7 Å². The van der Waals surface area contributed by atoms with E-state index < -0.39 is 0 Å². The van der Waals surface area contributed by atoms with Crippen molar-refractivity contribution in [3.8, 4) is 11.1 Å². The van der Waals surface area contributed by atoms with Gasteiger partial charge in [0.05, 0.1) is 11.7 Å². The van der Waals surface area contributed by atoms with Crippen LogP contribution in [0.15, 0.2) is 67.1 Å². The molecule has 0 aliphatic carbocycles. The molecule has 2 aromatic carbocycles. The molecule has 0 bridgehead atoms. The lowest BCUT2D eigenvalue weighted by atomic mass is 9.98. The molecule has 0 N–H and O–H groups in total. The molecule has 0 unspecified atom stereocenters. The Kier molecular flexibility index (Phi) is 2.42. The monoisotopic (exact) mass is 257 g/mol. The lowest BCUT2D eigenvalue weighted by molar-refractivity contribution is 1.08. The molecule has 2 aromatic heterocycles. The fraction of sp³-hybridized carbons (Fsp3) is 0. The molecule has 0 atom stereocenters. The van der Waals surface area contributed by atoms with Gasteiger partial charge in [-0.3, -0.25) is 4.98 Å². The van der Waals surface area contributed by atoms with E-state index in [2.05, 4.69) is 39.4 Å². The summed E-state index contributed by atoms with van der Waals surface area (Å²) in [4.78, 5) is 4.18. The fourth-order valence-electron chi connectivity index (χ4n) is 2.58. The first-order valence-electron chi connectivity index (χ1n) is 6.47. The second kappa shape index (κ2) is 4.38. The van der Waals surface area contributed by atoms with Gasteiger partial charge in [0.25, 0.3) is 0 Å². The van der Waals surface area contributed by atoms with Gasteiger partial charge in [-0.05, 0) is 23.1 Å². The molecule has 0 saturated heterocycles. The first-order chi connectivity index (χ1) is 9.93. The molecule has 3 nitrogen and oxygen atoms in total. The summed E-state index contributed by atoms with van der Waals surface area (Å²) >= 11 is 0. The van der Waals surface area contributed by atoms with Crippen molar-refractivity contribution in [2.45, 2.75) is 0 Å². The third-order valence-corrected chi connectivity index (χ3v) is 3.52. The summed E-state index contributed by atoms with van der Waals surface area (Å²) in [5, 5.41) is 11.7. The van der Waals surface area contributed by atoms with Gasteiger partial charge in [-0.2, -0.15) is 10.2 Å². The Hall–Kier alpha value is -2.81. The van der Waals surface area contributed by atoms with Crippen LogP contribution in [0.3, 0.4) is 0 Å². The highest BCUT2D eigenvalue weighted by atomic mass is 15.1. The van der Waals surface area contributed by atoms with Crippen molar-refractivity contribution >= 4 is 21.7 Å². The summed E-state index contributed by atoms with van der Waals surface area (Å²) in [6.07, 6.45) is 5.54. The third kappa shape index (κ3) is 1.64. The van der Waals surface area contributed by atoms with Crippen molar-refractivity contribution in [1.29, 1.82) is 0 Å². The maximum atomic E-state index is 4.19. The van der Waals surface area contributed by atoms with Gasteiger partial charge >= 0.3 is 0 Å². The van der Waals surface area contributed by atoms with E-state index in [4.69, 9.17) is 0 Å². The summed E-state index contributed by atoms with van der Waals surface area (Å²) in [6, 6.07) is 16.4. The van der Waals surface area contributed by atoms with Crippen molar-refractivity contribution < 1.29 is 0 Å². The number of hydrogen-bond donors (Lipinski definition) is 0. The molecule has 3 heteroatoms. The molecule has 0 spiro atoms. The molecule has 0 aliphatic rings. The average molecular weight is 257 g/mol. The van der Waals surface area contributed by atoms with Gasteiger partial charge < -0.3 is 0 Å². The van der Waals surface area contributed by atoms with E-state index in [-0.39, 0.29) is 0 Å². The van der Waals surface area contributed by atoms with E-state index in [1.807, 2.05) is 42.9 Å². The van der Waals surface area contributed by atoms with Crippen LogP contribution >= 0.6 is 0 Å². The van der Waals surface area contributed by atoms with Crippen LogP contribution in [-0.2, 0) is 0 Å². The number of rotatable bonds is 1. The van der Waals surface area contributed by atoms with Crippen molar-refractivity contribution in [2.75, 3.05) is 0 Å². The van der Waals surface area contributed by atoms with Gasteiger partial charge in [0, 0.05) is 28.7 Å². The number of hydrogen-bond acceptors (Lipinski definition) is 3. The Morgan fingerprint density at radius 3 is 2.65 bits per heavy atom. The van der Waals surface area contributed by atoms with Crippen LogP contribution in [0.2, 0.25) is 0 Å². The van der Waals surface area contributed by atoms with E-state index in [0.29, 0.717) is 0 Å². The summed E-state index contributed by atoms with van der Waals surface area (Å²) < 4.78 is 0. The zero-order valence-electron chi connectivity index (χ0n) is 10.7. The van der Waals surface area contributed by atoms with Gasteiger partial charge in [-0.25, -0.2) is 0 Å². The van der Waals surface area contributed by atoms with Crippen LogP contribution in [0.25, 0.3) is 32.8 Å². The van der Waals surface area contributed by atoms with Crippen LogP contribution in [0, 0.1) is 0 Å². The fourth-order valence-corrected chi connectivity index (χ4v) is 2.58. The molecule has 4 rings (SSSR count). The standard InChI is InChI=1S/C17H11N3/c1-2-7-17-15(5-1)16(11-19-20-17)14-6-3-4-12-10-18-9-8-13(12)14/h1-11H. The SMILES string of the molecule is c1cc(-c2cnnc3ccccc23)c2ccncc2c1. The molecule has 94 valence electrons. The second-order valence-corrected chi connectivity index (χ2v) is 4.68. The summed E-state index contributed by atoms with van der Waals surface area (Å²) in [5.74, 6) is 0. The predicted molar refractivity (Wildman–Crippen MR) is 80.3 cm³/mol. The number of fused-ring (bicyclic) bond motifs is 2. The quantitative estimate of drug-likeness (QED) is 0.520. The lowest BCUT2D eigenvalue weighted by Crippen LogP contribution is -1.89. The third-order valence-electron chi connectivity index (χ3n) is 3.52. The Bertz CT molecular complexity index is 828. The highest BCUT2D eigenvalue weighted by Gasteiger charge is 2.08. The molecule has 0 fully saturated rings. The summed E-state index contributed by atoms with van der Waals surface area (Å²) in [7, 11) is 0. The maximum absolute atomic E-state index is 4.19. The van der Waals surface area contributed by atoms with Gasteiger partial charge in [0.1, 0.15) is 0 Å². The molecule has 0 radical (unpaired) electrons. The van der Waals surface area contributed by atoms with Crippen LogP contribution in [-0.4, -0.2) is 15.2 Å². The average Bonchev–Trinajstić information content (AvgIpc) is 2.54. The van der Waals surface area contributed by atoms with E-state index in [1.54, 1.807) is 0 Å². The molecule has 0 amide bonds. The number of aromatic nitrogens is 3. The van der Waals surface area contributed by atoms with Gasteiger partial charge in [0.15, 0.2) is 0 Å². The lowest BCUT2D eigenvalue weighted by Gasteiger charge is -2.08. The molecule has 0 aliphatic heterocycles. The molecular formula is C17H11N3. The van der Waals surface area contributed by atoms with Gasteiger partial charge in [-0.1, -0.05) is 36.4 Å². The second-order valence-electron chi connectivity index (χ2n) is 4.68. The van der Waals surface area contributed by atoms with E-state index in [1.165, 1.54) is 5.39 Å². The first-order valence-corrected chi connectivity index (χ1v) is 6.47. The van der Waals surface area contributed by atoms with E-state index in [9.17, 15) is 0 Å². The minimum absolute atomic E-state index is 0.913. The number of pyridine rings is 1. The Labute approximate surface area is 115 Å². The molecular weight excluding hydrogens is 246 g/mol. The smallest absolute Gasteiger partial charge is 0.0935 e. The normalized spacial score (nSPS) is 11.0. The summed E-state index contributed by atoms with van der Waals surface area (Å²) in [5.41, 5.74) is 3.18. The Morgan fingerprint density at radius 1 is 0.700 bits per heavy atom. The zero-order valence-corrected chi connectivity index (χ0v) is 10.7. The van der Waals surface area contributed by atoms with Crippen molar-refractivity contribution in [3.63, 3.8) is 0 Å². The minimum Gasteiger partial charge on any atom is -0.264 e. The number of nitrogens with zero attached hydrogens (tertiary/aromatic N) is 3. The predicted octanol–water partition coefficient (Wildman–Crippen LogP) is 3.85. The Balaban J connectivity index is 2.12.